The SMILES string of the molecule is CC=CC(C=CC)NC(=O)CC(C)(C)C. The van der Waals surface area contributed by atoms with E-state index in [9.17, 15) is 4.79 Å². The zero-order valence-corrected chi connectivity index (χ0v) is 10.5. The predicted octanol–water partition coefficient (Wildman–Crippen LogP) is 3.06. The van der Waals surface area contributed by atoms with Crippen molar-refractivity contribution in [1.29, 1.82) is 0 Å². The standard InChI is InChI=1S/C13H23NO/c1-6-8-11(9-7-2)14-12(15)10-13(3,4)5/h6-9,11H,10H2,1-5H3,(H,14,15). The van der Waals surface area contributed by atoms with E-state index in [1.807, 2.05) is 38.2 Å². The van der Waals surface area contributed by atoms with Crippen LogP contribution < -0.4 is 5.32 Å². The molecule has 0 saturated heterocycles. The Hall–Kier alpha value is -1.05. The van der Waals surface area contributed by atoms with Gasteiger partial charge in [-0.25, -0.2) is 0 Å². The lowest BCUT2D eigenvalue weighted by atomic mass is 9.92. The van der Waals surface area contributed by atoms with Crippen LogP contribution in [0.4, 0.5) is 0 Å². The second-order valence-corrected chi connectivity index (χ2v) is 4.88. The molecule has 1 amide bonds. The van der Waals surface area contributed by atoms with Crippen LogP contribution in [0, 0.1) is 5.41 Å². The van der Waals surface area contributed by atoms with E-state index in [0.717, 1.165) is 0 Å². The Bertz CT molecular complexity index is 234. The average molecular weight is 209 g/mol. The fourth-order valence-corrected chi connectivity index (χ4v) is 1.29. The molecule has 0 aromatic rings. The number of carbonyl (C=O) groups is 1. The summed E-state index contributed by atoms with van der Waals surface area (Å²) in [7, 11) is 0. The highest BCUT2D eigenvalue weighted by Gasteiger charge is 2.16. The van der Waals surface area contributed by atoms with E-state index in [2.05, 4.69) is 26.1 Å². The van der Waals surface area contributed by atoms with Crippen LogP contribution in [0.5, 0.6) is 0 Å². The molecule has 0 aromatic carbocycles. The summed E-state index contributed by atoms with van der Waals surface area (Å²) in [4.78, 5) is 11.6. The summed E-state index contributed by atoms with van der Waals surface area (Å²) in [5, 5.41) is 2.96. The van der Waals surface area contributed by atoms with Crippen molar-refractivity contribution in [2.75, 3.05) is 0 Å². The Morgan fingerprint density at radius 3 is 2.00 bits per heavy atom. The molecular formula is C13H23NO. The Balaban J connectivity index is 4.23. The van der Waals surface area contributed by atoms with Gasteiger partial charge in [-0.1, -0.05) is 45.1 Å². The van der Waals surface area contributed by atoms with Crippen molar-refractivity contribution in [3.8, 4) is 0 Å². The third-order valence-electron chi connectivity index (χ3n) is 1.82. The molecule has 0 aliphatic rings. The maximum Gasteiger partial charge on any atom is 0.221 e. The van der Waals surface area contributed by atoms with Crippen LogP contribution in [0.3, 0.4) is 0 Å². The monoisotopic (exact) mass is 209 g/mol. The summed E-state index contributed by atoms with van der Waals surface area (Å²) in [6, 6.07) is 0.0230. The molecule has 0 unspecified atom stereocenters. The van der Waals surface area contributed by atoms with Crippen LogP contribution in [0.2, 0.25) is 0 Å². The Labute approximate surface area is 93.5 Å². The van der Waals surface area contributed by atoms with Gasteiger partial charge in [0, 0.05) is 6.42 Å². The van der Waals surface area contributed by atoms with Crippen LogP contribution in [0.25, 0.3) is 0 Å². The van der Waals surface area contributed by atoms with E-state index in [1.54, 1.807) is 0 Å². The van der Waals surface area contributed by atoms with Crippen molar-refractivity contribution in [3.05, 3.63) is 24.3 Å². The molecule has 0 spiro atoms. The highest BCUT2D eigenvalue weighted by atomic mass is 16.1. The van der Waals surface area contributed by atoms with E-state index in [4.69, 9.17) is 0 Å². The first-order chi connectivity index (χ1) is 6.89. The van der Waals surface area contributed by atoms with Crippen LogP contribution >= 0.6 is 0 Å². The van der Waals surface area contributed by atoms with Crippen LogP contribution in [0.1, 0.15) is 41.0 Å². The van der Waals surface area contributed by atoms with Gasteiger partial charge in [0.25, 0.3) is 0 Å². The van der Waals surface area contributed by atoms with Gasteiger partial charge in [-0.2, -0.15) is 0 Å². The molecule has 86 valence electrons. The quantitative estimate of drug-likeness (QED) is 0.708. The largest absolute Gasteiger partial charge is 0.346 e. The fourth-order valence-electron chi connectivity index (χ4n) is 1.29. The number of hydrogen-bond acceptors (Lipinski definition) is 1. The molecule has 0 rings (SSSR count). The van der Waals surface area contributed by atoms with Crippen molar-refractivity contribution in [2.45, 2.75) is 47.1 Å². The Morgan fingerprint density at radius 2 is 1.67 bits per heavy atom. The van der Waals surface area contributed by atoms with Gasteiger partial charge in [-0.05, 0) is 19.3 Å². The molecule has 2 nitrogen and oxygen atoms in total. The molecule has 0 aromatic heterocycles. The molecule has 0 bridgehead atoms. The first-order valence-corrected chi connectivity index (χ1v) is 5.44. The van der Waals surface area contributed by atoms with E-state index in [0.29, 0.717) is 6.42 Å². The lowest BCUT2D eigenvalue weighted by Crippen LogP contribution is -2.34. The maximum atomic E-state index is 11.6. The minimum Gasteiger partial charge on any atom is -0.346 e. The van der Waals surface area contributed by atoms with Crippen molar-refractivity contribution < 1.29 is 4.79 Å². The zero-order chi connectivity index (χ0) is 11.9. The summed E-state index contributed by atoms with van der Waals surface area (Å²) in [6.07, 6.45) is 8.39. The minimum absolute atomic E-state index is 0.0230. The van der Waals surface area contributed by atoms with Crippen LogP contribution in [-0.4, -0.2) is 11.9 Å². The van der Waals surface area contributed by atoms with Crippen molar-refractivity contribution in [1.82, 2.24) is 5.32 Å². The smallest absolute Gasteiger partial charge is 0.221 e. The summed E-state index contributed by atoms with van der Waals surface area (Å²) < 4.78 is 0. The molecule has 15 heavy (non-hydrogen) atoms. The summed E-state index contributed by atoms with van der Waals surface area (Å²) >= 11 is 0. The van der Waals surface area contributed by atoms with E-state index < -0.39 is 0 Å². The molecular weight excluding hydrogens is 186 g/mol. The molecule has 0 saturated carbocycles. The van der Waals surface area contributed by atoms with E-state index >= 15 is 0 Å². The molecule has 0 fully saturated rings. The summed E-state index contributed by atoms with van der Waals surface area (Å²) in [6.45, 7) is 10.1. The zero-order valence-electron chi connectivity index (χ0n) is 10.5. The van der Waals surface area contributed by atoms with Gasteiger partial charge < -0.3 is 5.32 Å². The first-order valence-electron chi connectivity index (χ1n) is 5.44. The van der Waals surface area contributed by atoms with Crippen LogP contribution in [0.15, 0.2) is 24.3 Å². The van der Waals surface area contributed by atoms with E-state index in [-0.39, 0.29) is 17.4 Å². The maximum absolute atomic E-state index is 11.6. The number of nitrogens with one attached hydrogen (secondary N) is 1. The van der Waals surface area contributed by atoms with Gasteiger partial charge in [0.2, 0.25) is 5.91 Å². The predicted molar refractivity (Wildman–Crippen MR) is 65.6 cm³/mol. The minimum atomic E-state index is 0.0230. The topological polar surface area (TPSA) is 29.1 Å². The van der Waals surface area contributed by atoms with Crippen molar-refractivity contribution in [3.63, 3.8) is 0 Å². The summed E-state index contributed by atoms with van der Waals surface area (Å²) in [5.74, 6) is 0.101. The highest BCUT2D eigenvalue weighted by molar-refractivity contribution is 5.77. The fraction of sp³-hybridized carbons (Fsp3) is 0.615. The lowest BCUT2D eigenvalue weighted by molar-refractivity contribution is -0.122. The normalized spacial score (nSPS) is 14.7. The second kappa shape index (κ2) is 6.44. The van der Waals surface area contributed by atoms with Gasteiger partial charge in [-0.3, -0.25) is 4.79 Å². The van der Waals surface area contributed by atoms with E-state index in [1.165, 1.54) is 0 Å². The molecule has 0 heterocycles. The van der Waals surface area contributed by atoms with Gasteiger partial charge in [0.15, 0.2) is 0 Å². The van der Waals surface area contributed by atoms with Gasteiger partial charge in [-0.15, -0.1) is 0 Å². The third-order valence-corrected chi connectivity index (χ3v) is 1.82. The number of rotatable bonds is 4. The number of allylic oxidation sites excluding steroid dienone is 2. The van der Waals surface area contributed by atoms with Crippen LogP contribution in [-0.2, 0) is 4.79 Å². The number of hydrogen-bond donors (Lipinski definition) is 1. The number of amides is 1. The number of carbonyl (C=O) groups excluding carboxylic acids is 1. The third kappa shape index (κ3) is 7.98. The molecule has 0 aliphatic carbocycles. The first kappa shape index (κ1) is 13.9. The lowest BCUT2D eigenvalue weighted by Gasteiger charge is -2.19. The second-order valence-electron chi connectivity index (χ2n) is 4.88. The molecule has 2 heteroatoms. The molecule has 1 N–H and O–H groups in total. The summed E-state index contributed by atoms with van der Waals surface area (Å²) in [5.41, 5.74) is 0.0422. The van der Waals surface area contributed by atoms with Crippen molar-refractivity contribution >= 4 is 5.91 Å². The average Bonchev–Trinajstić information content (AvgIpc) is 2.00. The van der Waals surface area contributed by atoms with Gasteiger partial charge in [0.05, 0.1) is 6.04 Å². The molecule has 0 aliphatic heterocycles. The Kier molecular flexibility index (Phi) is 5.99. The van der Waals surface area contributed by atoms with Gasteiger partial charge >= 0.3 is 0 Å². The Morgan fingerprint density at radius 1 is 1.20 bits per heavy atom. The molecule has 0 radical (unpaired) electrons. The highest BCUT2D eigenvalue weighted by Crippen LogP contribution is 2.17. The molecule has 0 atom stereocenters. The van der Waals surface area contributed by atoms with Crippen molar-refractivity contribution in [2.24, 2.45) is 5.41 Å². The van der Waals surface area contributed by atoms with Gasteiger partial charge in [0.1, 0.15) is 0 Å².